The monoisotopic (exact) mass is 388 g/mol. The number of hydrogen-bond donors (Lipinski definition) is 2. The van der Waals surface area contributed by atoms with Gasteiger partial charge in [0.1, 0.15) is 0 Å². The molecule has 2 fully saturated rings. The summed E-state index contributed by atoms with van der Waals surface area (Å²) in [4.78, 5) is 17.1. The quantitative estimate of drug-likeness (QED) is 0.754. The molecule has 0 unspecified atom stereocenters. The van der Waals surface area contributed by atoms with E-state index < -0.39 is 5.60 Å². The van der Waals surface area contributed by atoms with E-state index in [0.29, 0.717) is 37.9 Å². The zero-order chi connectivity index (χ0) is 20.1. The number of carbonyl (C=O) groups is 1. The molecule has 0 spiro atoms. The van der Waals surface area contributed by atoms with Crippen LogP contribution in [0.4, 0.5) is 0 Å². The molecule has 0 saturated carbocycles. The molecule has 2 aliphatic rings. The van der Waals surface area contributed by atoms with Crippen LogP contribution in [0.5, 0.6) is 0 Å². The summed E-state index contributed by atoms with van der Waals surface area (Å²) in [6.07, 6.45) is 4.33. The Morgan fingerprint density at radius 3 is 2.43 bits per heavy atom. The molecule has 0 bridgehead atoms. The number of hydrogen-bond acceptors (Lipinski definition) is 4. The van der Waals surface area contributed by atoms with Crippen LogP contribution in [0.3, 0.4) is 0 Å². The molecule has 0 radical (unpaired) electrons. The predicted octanol–water partition coefficient (Wildman–Crippen LogP) is 2.76. The minimum atomic E-state index is -1.26. The van der Waals surface area contributed by atoms with Gasteiger partial charge in [0.2, 0.25) is 0 Å². The van der Waals surface area contributed by atoms with Crippen LogP contribution in [0.2, 0.25) is 0 Å². The summed E-state index contributed by atoms with van der Waals surface area (Å²) in [5.41, 5.74) is 1.15. The highest BCUT2D eigenvalue weighted by Crippen LogP contribution is 2.28. The van der Waals surface area contributed by atoms with Gasteiger partial charge in [-0.15, -0.1) is 0 Å². The molecule has 1 aromatic rings. The molecule has 28 heavy (non-hydrogen) atoms. The second kappa shape index (κ2) is 9.38. The molecule has 2 aliphatic heterocycles. The number of aliphatic hydroxyl groups is 2. The Morgan fingerprint density at radius 2 is 1.82 bits per heavy atom. The number of likely N-dealkylation sites (tertiary alicyclic amines) is 2. The summed E-state index contributed by atoms with van der Waals surface area (Å²) >= 11 is 0. The van der Waals surface area contributed by atoms with E-state index in [0.717, 1.165) is 44.3 Å². The highest BCUT2D eigenvalue weighted by molar-refractivity contribution is 5.86. The Labute approximate surface area is 169 Å². The highest BCUT2D eigenvalue weighted by Gasteiger charge is 2.43. The number of benzene rings is 1. The van der Waals surface area contributed by atoms with Gasteiger partial charge in [-0.1, -0.05) is 38.1 Å². The molecule has 0 aliphatic carbocycles. The zero-order valence-electron chi connectivity index (χ0n) is 17.4. The molecule has 2 heterocycles. The molecule has 5 nitrogen and oxygen atoms in total. The summed E-state index contributed by atoms with van der Waals surface area (Å²) in [6.45, 7) is 8.12. The zero-order valence-corrected chi connectivity index (χ0v) is 17.4. The first-order chi connectivity index (χ1) is 13.4. The maximum Gasteiger partial charge on any atom is 0.256 e. The number of aliphatic hydroxyl groups excluding tert-OH is 1. The van der Waals surface area contributed by atoms with Crippen LogP contribution >= 0.6 is 0 Å². The fourth-order valence-corrected chi connectivity index (χ4v) is 4.58. The van der Waals surface area contributed by atoms with E-state index >= 15 is 0 Å². The summed E-state index contributed by atoms with van der Waals surface area (Å²) in [7, 11) is 0. The van der Waals surface area contributed by atoms with E-state index in [9.17, 15) is 9.90 Å². The van der Waals surface area contributed by atoms with E-state index in [1.54, 1.807) is 0 Å². The third-order valence-corrected chi connectivity index (χ3v) is 6.45. The van der Waals surface area contributed by atoms with Gasteiger partial charge in [-0.05, 0) is 68.2 Å². The van der Waals surface area contributed by atoms with Crippen molar-refractivity contribution in [3.8, 4) is 0 Å². The van der Waals surface area contributed by atoms with Crippen molar-refractivity contribution < 1.29 is 15.0 Å². The van der Waals surface area contributed by atoms with Crippen molar-refractivity contribution in [2.24, 2.45) is 5.92 Å². The average molecular weight is 389 g/mol. The van der Waals surface area contributed by atoms with Crippen LogP contribution in [0.15, 0.2) is 24.3 Å². The van der Waals surface area contributed by atoms with Gasteiger partial charge in [0, 0.05) is 26.2 Å². The Balaban J connectivity index is 1.58. The summed E-state index contributed by atoms with van der Waals surface area (Å²) in [5.74, 6) is 0.949. The molecule has 3 rings (SSSR count). The second-order valence-electron chi connectivity index (χ2n) is 8.99. The highest BCUT2D eigenvalue weighted by atomic mass is 16.3. The number of carbonyl (C=O) groups excluding carboxylic acids is 1. The molecule has 2 N–H and O–H groups in total. The first-order valence-corrected chi connectivity index (χ1v) is 10.8. The maximum atomic E-state index is 13.1. The molecule has 1 aromatic carbocycles. The lowest BCUT2D eigenvalue weighted by Crippen LogP contribution is -2.59. The van der Waals surface area contributed by atoms with Gasteiger partial charge >= 0.3 is 0 Å². The minimum Gasteiger partial charge on any atom is -0.396 e. The standard InChI is InChI=1S/C23H36N2O3/c1-18(2)21-6-4-20(5-7-21)16-25-12-3-11-23(28,22(25)27)17-24-13-8-19(9-14-24)10-15-26/h4-7,18-19,26,28H,3,8-17H2,1-2H3/t23-/m1/s1. The largest absolute Gasteiger partial charge is 0.396 e. The molecule has 2 saturated heterocycles. The van der Waals surface area contributed by atoms with Crippen LogP contribution in [0, 0.1) is 5.92 Å². The van der Waals surface area contributed by atoms with Crippen LogP contribution in [-0.4, -0.2) is 64.3 Å². The normalized spacial score (nSPS) is 24.9. The Kier molecular flexibility index (Phi) is 7.13. The fourth-order valence-electron chi connectivity index (χ4n) is 4.58. The van der Waals surface area contributed by atoms with Gasteiger partial charge in [0.05, 0.1) is 0 Å². The minimum absolute atomic E-state index is 0.121. The van der Waals surface area contributed by atoms with Gasteiger partial charge < -0.3 is 15.1 Å². The van der Waals surface area contributed by atoms with Crippen molar-refractivity contribution in [2.75, 3.05) is 32.8 Å². The third-order valence-electron chi connectivity index (χ3n) is 6.45. The van der Waals surface area contributed by atoms with Crippen molar-refractivity contribution in [2.45, 2.75) is 64.0 Å². The van der Waals surface area contributed by atoms with Crippen LogP contribution in [-0.2, 0) is 11.3 Å². The van der Waals surface area contributed by atoms with E-state index in [-0.39, 0.29) is 12.5 Å². The number of nitrogens with zero attached hydrogens (tertiary/aromatic N) is 2. The Bertz CT molecular complexity index is 638. The second-order valence-corrected chi connectivity index (χ2v) is 8.99. The Morgan fingerprint density at radius 1 is 1.14 bits per heavy atom. The molecule has 156 valence electrons. The lowest BCUT2D eigenvalue weighted by atomic mass is 9.88. The van der Waals surface area contributed by atoms with E-state index in [1.165, 1.54) is 5.56 Å². The summed E-state index contributed by atoms with van der Waals surface area (Å²) < 4.78 is 0. The van der Waals surface area contributed by atoms with Crippen LogP contribution in [0.25, 0.3) is 0 Å². The molecular weight excluding hydrogens is 352 g/mol. The van der Waals surface area contributed by atoms with Crippen LogP contribution < -0.4 is 0 Å². The van der Waals surface area contributed by atoms with Gasteiger partial charge in [-0.3, -0.25) is 9.69 Å². The van der Waals surface area contributed by atoms with E-state index in [2.05, 4.69) is 43.0 Å². The van der Waals surface area contributed by atoms with Crippen molar-refractivity contribution in [1.82, 2.24) is 9.80 Å². The molecular formula is C23H36N2O3. The van der Waals surface area contributed by atoms with Crippen molar-refractivity contribution in [3.63, 3.8) is 0 Å². The van der Waals surface area contributed by atoms with E-state index in [4.69, 9.17) is 5.11 Å². The summed E-state index contributed by atoms with van der Waals surface area (Å²) in [6, 6.07) is 8.47. The predicted molar refractivity (Wildman–Crippen MR) is 111 cm³/mol. The topological polar surface area (TPSA) is 64.0 Å². The number of rotatable bonds is 7. The third kappa shape index (κ3) is 5.13. The molecule has 0 aromatic heterocycles. The fraction of sp³-hybridized carbons (Fsp3) is 0.696. The first-order valence-electron chi connectivity index (χ1n) is 10.8. The van der Waals surface area contributed by atoms with Gasteiger partial charge in [-0.25, -0.2) is 0 Å². The van der Waals surface area contributed by atoms with Crippen molar-refractivity contribution >= 4 is 5.91 Å². The lowest BCUT2D eigenvalue weighted by Gasteiger charge is -2.42. The number of amides is 1. The number of β-amino-alcohol motifs (C(OH)–C–C–N with tert-alkyl or cyclic N) is 1. The SMILES string of the molecule is CC(C)c1ccc(CN2CCC[C@@](O)(CN3CCC(CCO)CC3)C2=O)cc1. The van der Waals surface area contributed by atoms with E-state index in [1.807, 2.05) is 4.90 Å². The Hall–Kier alpha value is -1.43. The van der Waals surface area contributed by atoms with Crippen molar-refractivity contribution in [3.05, 3.63) is 35.4 Å². The van der Waals surface area contributed by atoms with Gasteiger partial charge in [0.15, 0.2) is 5.60 Å². The molecule has 1 atom stereocenters. The molecule has 5 heteroatoms. The van der Waals surface area contributed by atoms with Crippen molar-refractivity contribution in [1.29, 1.82) is 0 Å². The van der Waals surface area contributed by atoms with Gasteiger partial charge in [0.25, 0.3) is 5.91 Å². The number of piperidine rings is 2. The average Bonchev–Trinajstić information content (AvgIpc) is 2.68. The summed E-state index contributed by atoms with van der Waals surface area (Å²) in [5, 5.41) is 20.3. The van der Waals surface area contributed by atoms with Gasteiger partial charge in [-0.2, -0.15) is 0 Å². The smallest absolute Gasteiger partial charge is 0.256 e. The molecule has 1 amide bonds. The van der Waals surface area contributed by atoms with Crippen LogP contribution in [0.1, 0.15) is 63.0 Å². The first kappa shape index (κ1) is 21.3. The lowest BCUT2D eigenvalue weighted by molar-refractivity contribution is -0.160. The maximum absolute atomic E-state index is 13.1.